The van der Waals surface area contributed by atoms with Gasteiger partial charge >= 0.3 is 0 Å². The van der Waals surface area contributed by atoms with E-state index in [0.29, 0.717) is 36.6 Å². The van der Waals surface area contributed by atoms with Crippen LogP contribution in [-0.2, 0) is 11.2 Å². The third kappa shape index (κ3) is 4.54. The number of nitrogens with one attached hydrogen (secondary N) is 1. The Bertz CT molecular complexity index is 745. The molecular weight excluding hydrogens is 352 g/mol. The van der Waals surface area contributed by atoms with Crippen LogP contribution in [0.4, 0.5) is 0 Å². The Hall–Kier alpha value is -2.11. The molecule has 6 heteroatoms. The number of carbonyl (C=O) groups is 1. The van der Waals surface area contributed by atoms with Crippen molar-refractivity contribution in [2.45, 2.75) is 37.8 Å². The summed E-state index contributed by atoms with van der Waals surface area (Å²) in [5.41, 5.74) is 1.89. The summed E-state index contributed by atoms with van der Waals surface area (Å²) in [5, 5.41) is 13.4. The van der Waals surface area contributed by atoms with Crippen molar-refractivity contribution in [3.8, 4) is 5.88 Å². The van der Waals surface area contributed by atoms with E-state index in [1.54, 1.807) is 19.4 Å². The third-order valence-corrected chi connectivity index (χ3v) is 5.21. The molecular formula is C20H23ClN2O3. The van der Waals surface area contributed by atoms with Crippen molar-refractivity contribution < 1.29 is 14.6 Å². The molecule has 1 aliphatic rings. The number of hydrogen-bond donors (Lipinski definition) is 2. The fraction of sp³-hybridized carbons (Fsp3) is 0.400. The number of ether oxygens (including phenoxy) is 1. The number of nitrogens with zero attached hydrogens (tertiary/aromatic N) is 1. The Balaban J connectivity index is 1.65. The Morgan fingerprint density at radius 3 is 2.73 bits per heavy atom. The Labute approximate surface area is 158 Å². The van der Waals surface area contributed by atoms with Gasteiger partial charge in [-0.1, -0.05) is 35.9 Å². The van der Waals surface area contributed by atoms with Gasteiger partial charge in [-0.05, 0) is 42.4 Å². The van der Waals surface area contributed by atoms with Crippen molar-refractivity contribution in [3.63, 3.8) is 0 Å². The number of amides is 1. The summed E-state index contributed by atoms with van der Waals surface area (Å²) in [6.45, 7) is 0. The van der Waals surface area contributed by atoms with Crippen molar-refractivity contribution in [3.05, 3.63) is 58.7 Å². The molecule has 0 saturated heterocycles. The zero-order valence-electron chi connectivity index (χ0n) is 14.7. The van der Waals surface area contributed by atoms with E-state index in [0.717, 1.165) is 11.1 Å². The first kappa shape index (κ1) is 18.7. The lowest BCUT2D eigenvalue weighted by atomic mass is 9.75. The maximum absolute atomic E-state index is 12.5. The van der Waals surface area contributed by atoms with Crippen LogP contribution in [0.2, 0.25) is 5.02 Å². The molecule has 1 aromatic heterocycles. The van der Waals surface area contributed by atoms with Crippen LogP contribution in [0.5, 0.6) is 5.88 Å². The summed E-state index contributed by atoms with van der Waals surface area (Å²) in [5.74, 6) is 0.711. The largest absolute Gasteiger partial charge is 0.481 e. The topological polar surface area (TPSA) is 71.5 Å². The molecule has 1 atom stereocenters. The molecule has 0 bridgehead atoms. The van der Waals surface area contributed by atoms with Crippen molar-refractivity contribution in [2.24, 2.45) is 5.92 Å². The number of aliphatic hydroxyl groups is 1. The lowest BCUT2D eigenvalue weighted by Gasteiger charge is -2.38. The van der Waals surface area contributed by atoms with E-state index >= 15 is 0 Å². The van der Waals surface area contributed by atoms with Gasteiger partial charge < -0.3 is 15.2 Å². The van der Waals surface area contributed by atoms with Crippen molar-refractivity contribution in [2.75, 3.05) is 7.11 Å². The average molecular weight is 375 g/mol. The molecule has 0 radical (unpaired) electrons. The fourth-order valence-electron chi connectivity index (χ4n) is 3.27. The molecule has 1 aliphatic carbocycles. The smallest absolute Gasteiger partial charge is 0.220 e. The van der Waals surface area contributed by atoms with E-state index in [1.165, 1.54) is 0 Å². The molecule has 1 amide bonds. The summed E-state index contributed by atoms with van der Waals surface area (Å²) >= 11 is 6.16. The summed E-state index contributed by atoms with van der Waals surface area (Å²) < 4.78 is 5.10. The normalized spacial score (nSPS) is 20.1. The fourth-order valence-corrected chi connectivity index (χ4v) is 3.50. The van der Waals surface area contributed by atoms with Crippen LogP contribution in [-0.4, -0.2) is 29.2 Å². The van der Waals surface area contributed by atoms with Gasteiger partial charge in [0.25, 0.3) is 0 Å². The summed E-state index contributed by atoms with van der Waals surface area (Å²) in [6.07, 6.45) is 3.76. The van der Waals surface area contributed by atoms with Crippen molar-refractivity contribution in [1.82, 2.24) is 10.3 Å². The maximum Gasteiger partial charge on any atom is 0.220 e. The molecule has 2 N–H and O–H groups in total. The van der Waals surface area contributed by atoms with Crippen LogP contribution in [0.3, 0.4) is 0 Å². The van der Waals surface area contributed by atoms with Crippen LogP contribution >= 0.6 is 11.6 Å². The number of rotatable bonds is 7. The van der Waals surface area contributed by atoms with Crippen LogP contribution in [0.1, 0.15) is 36.4 Å². The average Bonchev–Trinajstić information content (AvgIpc) is 2.63. The van der Waals surface area contributed by atoms with Gasteiger partial charge in [0.05, 0.1) is 19.3 Å². The molecule has 138 valence electrons. The van der Waals surface area contributed by atoms with Gasteiger partial charge in [-0.25, -0.2) is 4.98 Å². The first-order valence-electron chi connectivity index (χ1n) is 8.77. The van der Waals surface area contributed by atoms with Crippen LogP contribution < -0.4 is 10.1 Å². The first-order chi connectivity index (χ1) is 12.6. The number of pyridine rings is 1. The number of halogens is 1. The van der Waals surface area contributed by atoms with Gasteiger partial charge in [-0.2, -0.15) is 0 Å². The lowest BCUT2D eigenvalue weighted by molar-refractivity contribution is -0.123. The van der Waals surface area contributed by atoms with E-state index in [9.17, 15) is 9.90 Å². The second kappa shape index (κ2) is 8.52. The number of hydrogen-bond acceptors (Lipinski definition) is 4. The zero-order chi connectivity index (χ0) is 18.5. The van der Waals surface area contributed by atoms with Gasteiger partial charge in [-0.3, -0.25) is 4.79 Å². The molecule has 0 aliphatic heterocycles. The standard InChI is InChI=1S/C20H23ClN2O3/c1-26-19-9-7-14(12-22-19)20(15-10-16(24)11-15)23-18(25)8-6-13-4-2-3-5-17(13)21/h2-5,7,9,12,15-16,20,24H,6,8,10-11H2,1H3,(H,23,25)/t15?,16?,20-/m1/s1. The highest BCUT2D eigenvalue weighted by molar-refractivity contribution is 6.31. The van der Waals surface area contributed by atoms with E-state index in [2.05, 4.69) is 10.3 Å². The molecule has 3 rings (SSSR count). The highest BCUT2D eigenvalue weighted by atomic mass is 35.5. The van der Waals surface area contributed by atoms with Crippen molar-refractivity contribution in [1.29, 1.82) is 0 Å². The van der Waals surface area contributed by atoms with Gasteiger partial charge in [0.1, 0.15) is 0 Å². The molecule has 1 heterocycles. The molecule has 0 unspecified atom stereocenters. The van der Waals surface area contributed by atoms with E-state index in [1.807, 2.05) is 30.3 Å². The molecule has 0 spiro atoms. The molecule has 1 fully saturated rings. The van der Waals surface area contributed by atoms with Gasteiger partial charge in [0.2, 0.25) is 11.8 Å². The minimum absolute atomic E-state index is 0.0351. The Morgan fingerprint density at radius 1 is 1.35 bits per heavy atom. The third-order valence-electron chi connectivity index (χ3n) is 4.84. The number of carbonyl (C=O) groups excluding carboxylic acids is 1. The molecule has 2 aromatic rings. The number of methoxy groups -OCH3 is 1. The zero-order valence-corrected chi connectivity index (χ0v) is 15.4. The second-order valence-electron chi connectivity index (χ2n) is 6.66. The highest BCUT2D eigenvalue weighted by Gasteiger charge is 2.35. The number of aromatic nitrogens is 1. The van der Waals surface area contributed by atoms with Gasteiger partial charge in [0.15, 0.2) is 0 Å². The minimum atomic E-state index is -0.284. The highest BCUT2D eigenvalue weighted by Crippen LogP contribution is 2.38. The summed E-state index contributed by atoms with van der Waals surface area (Å²) in [6, 6.07) is 11.1. The van der Waals surface area contributed by atoms with E-state index in [4.69, 9.17) is 16.3 Å². The Kier molecular flexibility index (Phi) is 6.12. The molecule has 1 saturated carbocycles. The van der Waals surface area contributed by atoms with Crippen LogP contribution in [0, 0.1) is 5.92 Å². The summed E-state index contributed by atoms with van der Waals surface area (Å²) in [7, 11) is 1.57. The van der Waals surface area contributed by atoms with Gasteiger partial charge in [0, 0.05) is 23.7 Å². The first-order valence-corrected chi connectivity index (χ1v) is 9.15. The SMILES string of the molecule is COc1ccc([C@@H](NC(=O)CCc2ccccc2Cl)C2CC(O)C2)cn1. The predicted octanol–water partition coefficient (Wildman–Crippen LogP) is 3.30. The molecule has 5 nitrogen and oxygen atoms in total. The quantitative estimate of drug-likeness (QED) is 0.780. The molecule has 26 heavy (non-hydrogen) atoms. The minimum Gasteiger partial charge on any atom is -0.481 e. The van der Waals surface area contributed by atoms with Crippen molar-refractivity contribution >= 4 is 17.5 Å². The Morgan fingerprint density at radius 2 is 2.12 bits per heavy atom. The number of benzene rings is 1. The van der Waals surface area contributed by atoms with E-state index < -0.39 is 0 Å². The number of aliphatic hydroxyl groups excluding tert-OH is 1. The predicted molar refractivity (Wildman–Crippen MR) is 100 cm³/mol. The monoisotopic (exact) mass is 374 g/mol. The molecule has 1 aromatic carbocycles. The maximum atomic E-state index is 12.5. The lowest BCUT2D eigenvalue weighted by Crippen LogP contribution is -2.41. The van der Waals surface area contributed by atoms with Crippen LogP contribution in [0.15, 0.2) is 42.6 Å². The number of aryl methyl sites for hydroxylation is 1. The van der Waals surface area contributed by atoms with Crippen LogP contribution in [0.25, 0.3) is 0 Å². The second-order valence-corrected chi connectivity index (χ2v) is 7.06. The van der Waals surface area contributed by atoms with Gasteiger partial charge in [-0.15, -0.1) is 0 Å². The van der Waals surface area contributed by atoms with E-state index in [-0.39, 0.29) is 24.0 Å². The summed E-state index contributed by atoms with van der Waals surface area (Å²) in [4.78, 5) is 16.7.